The summed E-state index contributed by atoms with van der Waals surface area (Å²) in [4.78, 5) is 0. The lowest BCUT2D eigenvalue weighted by Crippen LogP contribution is -2.41. The molecule has 1 aliphatic rings. The molecule has 0 radical (unpaired) electrons. The van der Waals surface area contributed by atoms with Crippen LogP contribution in [0, 0.1) is 17.1 Å². The second-order valence-electron chi connectivity index (χ2n) is 4.43. The van der Waals surface area contributed by atoms with E-state index in [-0.39, 0.29) is 24.4 Å². The number of nitrogens with two attached hydrogens (primary N) is 1. The van der Waals surface area contributed by atoms with Crippen LogP contribution in [-0.4, -0.2) is 24.3 Å². The van der Waals surface area contributed by atoms with Crippen LogP contribution in [0.15, 0.2) is 12.1 Å². The van der Waals surface area contributed by atoms with Crippen molar-refractivity contribution in [1.29, 1.82) is 5.26 Å². The Morgan fingerprint density at radius 1 is 1.72 bits per heavy atom. The highest BCUT2D eigenvalue weighted by Crippen LogP contribution is 2.21. The van der Waals surface area contributed by atoms with Gasteiger partial charge in [0.05, 0.1) is 12.7 Å². The van der Waals surface area contributed by atoms with E-state index in [1.165, 1.54) is 13.0 Å². The van der Waals surface area contributed by atoms with Crippen molar-refractivity contribution in [2.45, 2.75) is 19.1 Å². The van der Waals surface area contributed by atoms with Crippen molar-refractivity contribution in [2.75, 3.05) is 6.61 Å². The zero-order valence-corrected chi connectivity index (χ0v) is 9.81. The molecule has 2 rings (SSSR count). The molecule has 1 heterocycles. The number of nitriles is 1. The standard InChI is InChI=1S/C11H12BFN2O3/c1-11(15,5-14)6-17-8-3-2-7-4-18-12(16)9(7)10(8)13/h2-3,16H,4,6,15H2,1H3/t11-/m1/s1. The van der Waals surface area contributed by atoms with Crippen molar-refractivity contribution in [3.63, 3.8) is 0 Å². The van der Waals surface area contributed by atoms with E-state index in [1.807, 2.05) is 6.07 Å². The number of hydrogen-bond acceptors (Lipinski definition) is 5. The van der Waals surface area contributed by atoms with Crippen molar-refractivity contribution < 1.29 is 18.8 Å². The molecular formula is C11H12BFN2O3. The highest BCUT2D eigenvalue weighted by atomic mass is 19.1. The largest absolute Gasteiger partial charge is 0.494 e. The maximum Gasteiger partial charge on any atom is 0.494 e. The third-order valence-electron chi connectivity index (χ3n) is 2.66. The van der Waals surface area contributed by atoms with Gasteiger partial charge in [0.15, 0.2) is 11.6 Å². The normalized spacial score (nSPS) is 16.9. The van der Waals surface area contributed by atoms with Crippen molar-refractivity contribution in [2.24, 2.45) is 5.73 Å². The van der Waals surface area contributed by atoms with Gasteiger partial charge < -0.3 is 20.1 Å². The Morgan fingerprint density at radius 3 is 3.11 bits per heavy atom. The average molecular weight is 250 g/mol. The fourth-order valence-corrected chi connectivity index (χ4v) is 1.63. The van der Waals surface area contributed by atoms with Crippen LogP contribution in [0.5, 0.6) is 5.75 Å². The van der Waals surface area contributed by atoms with E-state index < -0.39 is 18.5 Å². The number of halogens is 1. The van der Waals surface area contributed by atoms with Crippen molar-refractivity contribution in [3.8, 4) is 11.8 Å². The Bertz CT molecular complexity index is 516. The molecule has 3 N–H and O–H groups in total. The number of hydrogen-bond donors (Lipinski definition) is 2. The molecule has 0 spiro atoms. The maximum atomic E-state index is 14.0. The van der Waals surface area contributed by atoms with Gasteiger partial charge in [0.2, 0.25) is 0 Å². The molecule has 0 amide bonds. The van der Waals surface area contributed by atoms with Gasteiger partial charge in [-0.25, -0.2) is 4.39 Å². The third kappa shape index (κ3) is 2.31. The molecule has 94 valence electrons. The van der Waals surface area contributed by atoms with Crippen molar-refractivity contribution >= 4 is 12.6 Å². The van der Waals surface area contributed by atoms with Crippen LogP contribution < -0.4 is 15.9 Å². The summed E-state index contributed by atoms with van der Waals surface area (Å²) < 4.78 is 24.1. The molecule has 1 aromatic rings. The molecule has 0 bridgehead atoms. The zero-order valence-electron chi connectivity index (χ0n) is 9.81. The summed E-state index contributed by atoms with van der Waals surface area (Å²) in [5.41, 5.74) is 5.05. The van der Waals surface area contributed by atoms with Gasteiger partial charge in [-0.05, 0) is 18.6 Å². The van der Waals surface area contributed by atoms with E-state index in [2.05, 4.69) is 0 Å². The van der Waals surface area contributed by atoms with Gasteiger partial charge in [-0.15, -0.1) is 0 Å². The lowest BCUT2D eigenvalue weighted by molar-refractivity contribution is 0.254. The van der Waals surface area contributed by atoms with Crippen LogP contribution in [0.3, 0.4) is 0 Å². The first-order chi connectivity index (χ1) is 8.44. The van der Waals surface area contributed by atoms with E-state index in [1.54, 1.807) is 6.07 Å². The molecule has 1 aromatic carbocycles. The summed E-state index contributed by atoms with van der Waals surface area (Å²) in [6.45, 7) is 1.51. The molecule has 0 unspecified atom stereocenters. The molecule has 7 heteroatoms. The van der Waals surface area contributed by atoms with Crippen LogP contribution in [0.1, 0.15) is 12.5 Å². The molecule has 0 aliphatic carbocycles. The van der Waals surface area contributed by atoms with E-state index in [0.29, 0.717) is 5.56 Å². The number of rotatable bonds is 3. The quantitative estimate of drug-likeness (QED) is 0.716. The Balaban J connectivity index is 2.22. The third-order valence-corrected chi connectivity index (χ3v) is 2.66. The predicted octanol–water partition coefficient (Wildman–Crippen LogP) is -0.337. The van der Waals surface area contributed by atoms with Crippen LogP contribution >= 0.6 is 0 Å². The van der Waals surface area contributed by atoms with Gasteiger partial charge in [-0.1, -0.05) is 6.07 Å². The minimum atomic E-state index is -1.27. The van der Waals surface area contributed by atoms with Crippen molar-refractivity contribution in [3.05, 3.63) is 23.5 Å². The minimum Gasteiger partial charge on any atom is -0.488 e. The SMILES string of the molecule is C[C@@](N)(C#N)COc1ccc2c(c1F)B(O)OC2. The molecule has 18 heavy (non-hydrogen) atoms. The molecule has 0 aromatic heterocycles. The Kier molecular flexibility index (Phi) is 3.26. The zero-order chi connectivity index (χ0) is 13.3. The first kappa shape index (κ1) is 12.8. The van der Waals surface area contributed by atoms with E-state index in [9.17, 15) is 9.41 Å². The van der Waals surface area contributed by atoms with Crippen LogP contribution in [0.4, 0.5) is 4.39 Å². The Labute approximate surface area is 104 Å². The van der Waals surface area contributed by atoms with Crippen LogP contribution in [0.25, 0.3) is 0 Å². The van der Waals surface area contributed by atoms with Gasteiger partial charge in [-0.2, -0.15) is 5.26 Å². The number of nitrogens with zero attached hydrogens (tertiary/aromatic N) is 1. The van der Waals surface area contributed by atoms with E-state index in [4.69, 9.17) is 20.4 Å². The average Bonchev–Trinajstić information content (AvgIpc) is 2.71. The van der Waals surface area contributed by atoms with Gasteiger partial charge in [-0.3, -0.25) is 0 Å². The second-order valence-corrected chi connectivity index (χ2v) is 4.43. The second kappa shape index (κ2) is 4.57. The van der Waals surface area contributed by atoms with Crippen LogP contribution in [0.2, 0.25) is 0 Å². The fourth-order valence-electron chi connectivity index (χ4n) is 1.63. The Hall–Kier alpha value is -1.62. The molecule has 0 saturated heterocycles. The van der Waals surface area contributed by atoms with Crippen LogP contribution in [-0.2, 0) is 11.3 Å². The van der Waals surface area contributed by atoms with E-state index in [0.717, 1.165) is 0 Å². The first-order valence-electron chi connectivity index (χ1n) is 5.38. The van der Waals surface area contributed by atoms with Crippen molar-refractivity contribution in [1.82, 2.24) is 0 Å². The summed E-state index contributed by atoms with van der Waals surface area (Å²) in [7, 11) is -1.27. The smallest absolute Gasteiger partial charge is 0.488 e. The molecule has 1 aliphatic heterocycles. The highest BCUT2D eigenvalue weighted by Gasteiger charge is 2.33. The summed E-state index contributed by atoms with van der Waals surface area (Å²) in [6, 6.07) is 4.90. The first-order valence-corrected chi connectivity index (χ1v) is 5.38. The molecule has 1 atom stereocenters. The van der Waals surface area contributed by atoms with Gasteiger partial charge >= 0.3 is 7.12 Å². The predicted molar refractivity (Wildman–Crippen MR) is 62.5 cm³/mol. The molecular weight excluding hydrogens is 238 g/mol. The number of ether oxygens (including phenoxy) is 1. The topological polar surface area (TPSA) is 88.5 Å². The lowest BCUT2D eigenvalue weighted by Gasteiger charge is -2.17. The lowest BCUT2D eigenvalue weighted by atomic mass is 9.79. The van der Waals surface area contributed by atoms with Gasteiger partial charge in [0, 0.05) is 5.46 Å². The van der Waals surface area contributed by atoms with Gasteiger partial charge in [0.1, 0.15) is 12.1 Å². The van der Waals surface area contributed by atoms with E-state index >= 15 is 0 Å². The Morgan fingerprint density at radius 2 is 2.44 bits per heavy atom. The summed E-state index contributed by atoms with van der Waals surface area (Å²) in [6.07, 6.45) is 0. The van der Waals surface area contributed by atoms with Gasteiger partial charge in [0.25, 0.3) is 0 Å². The molecule has 0 saturated carbocycles. The highest BCUT2D eigenvalue weighted by molar-refractivity contribution is 6.61. The maximum absolute atomic E-state index is 14.0. The number of benzene rings is 1. The molecule has 5 nitrogen and oxygen atoms in total. The monoisotopic (exact) mass is 250 g/mol. The minimum absolute atomic E-state index is 0.0507. The fraction of sp³-hybridized carbons (Fsp3) is 0.364. The molecule has 0 fully saturated rings. The summed E-state index contributed by atoms with van der Waals surface area (Å²) in [5.74, 6) is -0.725. The summed E-state index contributed by atoms with van der Waals surface area (Å²) in [5, 5.41) is 18.2. The number of fused-ring (bicyclic) bond motifs is 1. The summed E-state index contributed by atoms with van der Waals surface area (Å²) >= 11 is 0.